The summed E-state index contributed by atoms with van der Waals surface area (Å²) in [6.45, 7) is 4.80. The maximum absolute atomic E-state index is 13.1. The summed E-state index contributed by atoms with van der Waals surface area (Å²) < 4.78 is 1.81. The van der Waals surface area contributed by atoms with Gasteiger partial charge in [-0.05, 0) is 61.1 Å². The summed E-state index contributed by atoms with van der Waals surface area (Å²) in [5.74, 6) is 0.605. The molecule has 5 nitrogen and oxygen atoms in total. The summed E-state index contributed by atoms with van der Waals surface area (Å²) in [5, 5.41) is 4.28. The summed E-state index contributed by atoms with van der Waals surface area (Å²) in [7, 11) is 0. The average Bonchev–Trinajstić information content (AvgIpc) is 2.75. The van der Waals surface area contributed by atoms with Gasteiger partial charge in [-0.15, -0.1) is 0 Å². The van der Waals surface area contributed by atoms with Gasteiger partial charge in [0, 0.05) is 29.2 Å². The highest BCUT2D eigenvalue weighted by molar-refractivity contribution is 6.32. The molecular formula is C25H28ClN3O2. The van der Waals surface area contributed by atoms with Gasteiger partial charge in [0.2, 0.25) is 0 Å². The molecule has 1 aliphatic heterocycles. The number of hydrogen-bond acceptors (Lipinski definition) is 3. The van der Waals surface area contributed by atoms with Crippen molar-refractivity contribution in [1.29, 1.82) is 0 Å². The molecule has 0 spiro atoms. The SMILES string of the molecule is CCc1ccc(Cl)c(CC)c1NC(=O)c1ccc2c(=O)n3c(nc2c1)CCCCCC3. The second kappa shape index (κ2) is 9.23. The monoisotopic (exact) mass is 437 g/mol. The van der Waals surface area contributed by atoms with Gasteiger partial charge in [0.1, 0.15) is 5.82 Å². The largest absolute Gasteiger partial charge is 0.321 e. The van der Waals surface area contributed by atoms with E-state index in [9.17, 15) is 9.59 Å². The molecule has 0 atom stereocenters. The van der Waals surface area contributed by atoms with Gasteiger partial charge in [-0.2, -0.15) is 0 Å². The Morgan fingerprint density at radius 3 is 2.68 bits per heavy atom. The molecule has 162 valence electrons. The van der Waals surface area contributed by atoms with Crippen LogP contribution in [0.5, 0.6) is 0 Å². The molecule has 0 saturated heterocycles. The van der Waals surface area contributed by atoms with Crippen LogP contribution < -0.4 is 10.9 Å². The summed E-state index contributed by atoms with van der Waals surface area (Å²) in [6.07, 6.45) is 6.66. The first-order chi connectivity index (χ1) is 15.0. The van der Waals surface area contributed by atoms with E-state index in [-0.39, 0.29) is 11.5 Å². The van der Waals surface area contributed by atoms with Crippen molar-refractivity contribution in [3.05, 3.63) is 68.2 Å². The third-order valence-corrected chi connectivity index (χ3v) is 6.50. The predicted molar refractivity (Wildman–Crippen MR) is 126 cm³/mol. The van der Waals surface area contributed by atoms with Crippen molar-refractivity contribution in [3.8, 4) is 0 Å². The molecule has 6 heteroatoms. The zero-order valence-corrected chi connectivity index (χ0v) is 18.9. The molecule has 2 heterocycles. The smallest absolute Gasteiger partial charge is 0.261 e. The number of nitrogens with one attached hydrogen (secondary N) is 1. The van der Waals surface area contributed by atoms with E-state index in [4.69, 9.17) is 16.6 Å². The first-order valence-electron chi connectivity index (χ1n) is 11.2. The number of aromatic nitrogens is 2. The topological polar surface area (TPSA) is 64.0 Å². The molecule has 0 bridgehead atoms. The zero-order valence-electron chi connectivity index (χ0n) is 18.1. The van der Waals surface area contributed by atoms with Gasteiger partial charge >= 0.3 is 0 Å². The average molecular weight is 438 g/mol. The van der Waals surface area contributed by atoms with Crippen molar-refractivity contribution in [1.82, 2.24) is 9.55 Å². The Bertz CT molecular complexity index is 1200. The molecule has 1 amide bonds. The molecule has 3 aromatic rings. The van der Waals surface area contributed by atoms with Crippen LogP contribution in [0.3, 0.4) is 0 Å². The van der Waals surface area contributed by atoms with Crippen molar-refractivity contribution < 1.29 is 4.79 Å². The third kappa shape index (κ3) is 4.24. The lowest BCUT2D eigenvalue weighted by Gasteiger charge is -2.17. The van der Waals surface area contributed by atoms with E-state index in [0.717, 1.165) is 67.6 Å². The van der Waals surface area contributed by atoms with Gasteiger partial charge in [0.05, 0.1) is 10.9 Å². The maximum Gasteiger partial charge on any atom is 0.261 e. The normalized spacial score (nSPS) is 14.0. The fourth-order valence-electron chi connectivity index (χ4n) is 4.39. The number of nitrogens with zero attached hydrogens (tertiary/aromatic N) is 2. The maximum atomic E-state index is 13.1. The van der Waals surface area contributed by atoms with Crippen molar-refractivity contribution in [3.63, 3.8) is 0 Å². The van der Waals surface area contributed by atoms with Crippen LogP contribution in [0.4, 0.5) is 5.69 Å². The first-order valence-corrected chi connectivity index (χ1v) is 11.6. The lowest BCUT2D eigenvalue weighted by Crippen LogP contribution is -2.26. The molecule has 1 aromatic heterocycles. The first kappa shape index (κ1) is 21.6. The Kier molecular flexibility index (Phi) is 6.42. The minimum Gasteiger partial charge on any atom is -0.321 e. The molecule has 2 aromatic carbocycles. The number of hydrogen-bond donors (Lipinski definition) is 1. The van der Waals surface area contributed by atoms with E-state index >= 15 is 0 Å². The molecule has 1 aliphatic rings. The molecule has 1 N–H and O–H groups in total. The number of carbonyl (C=O) groups excluding carboxylic acids is 1. The van der Waals surface area contributed by atoms with E-state index in [0.29, 0.717) is 28.0 Å². The van der Waals surface area contributed by atoms with Crippen LogP contribution in [-0.4, -0.2) is 15.5 Å². The van der Waals surface area contributed by atoms with Crippen LogP contribution in [0.25, 0.3) is 10.9 Å². The predicted octanol–water partition coefficient (Wildman–Crippen LogP) is 5.54. The summed E-state index contributed by atoms with van der Waals surface area (Å²) in [4.78, 5) is 30.9. The third-order valence-electron chi connectivity index (χ3n) is 6.14. The number of halogens is 1. The van der Waals surface area contributed by atoms with Gasteiger partial charge in [-0.3, -0.25) is 14.2 Å². The number of amides is 1. The van der Waals surface area contributed by atoms with Crippen molar-refractivity contribution >= 4 is 34.1 Å². The lowest BCUT2D eigenvalue weighted by atomic mass is 10.0. The van der Waals surface area contributed by atoms with Crippen molar-refractivity contribution in [2.75, 3.05) is 5.32 Å². The quantitative estimate of drug-likeness (QED) is 0.582. The van der Waals surface area contributed by atoms with Gasteiger partial charge in [-0.1, -0.05) is 44.4 Å². The fraction of sp³-hybridized carbons (Fsp3) is 0.400. The Labute approximate surface area is 187 Å². The van der Waals surface area contributed by atoms with Crippen LogP contribution in [0, 0.1) is 0 Å². The Balaban J connectivity index is 1.72. The molecule has 4 rings (SSSR count). The lowest BCUT2D eigenvalue weighted by molar-refractivity contribution is 0.102. The van der Waals surface area contributed by atoms with Crippen LogP contribution in [0.15, 0.2) is 35.1 Å². The number of anilines is 1. The molecule has 0 radical (unpaired) electrons. The molecule has 31 heavy (non-hydrogen) atoms. The Hall–Kier alpha value is -2.66. The van der Waals surface area contributed by atoms with E-state index < -0.39 is 0 Å². The van der Waals surface area contributed by atoms with Crippen LogP contribution in [0.1, 0.15) is 66.8 Å². The Morgan fingerprint density at radius 1 is 1.10 bits per heavy atom. The summed E-state index contributed by atoms with van der Waals surface area (Å²) >= 11 is 6.38. The van der Waals surface area contributed by atoms with Gasteiger partial charge in [0.25, 0.3) is 11.5 Å². The minimum absolute atomic E-state index is 0.00904. The fourth-order valence-corrected chi connectivity index (χ4v) is 4.68. The van der Waals surface area contributed by atoms with Gasteiger partial charge in [-0.25, -0.2) is 4.98 Å². The highest BCUT2D eigenvalue weighted by Gasteiger charge is 2.17. The highest BCUT2D eigenvalue weighted by Crippen LogP contribution is 2.30. The second-order valence-electron chi connectivity index (χ2n) is 8.10. The number of benzene rings is 2. The number of carbonyl (C=O) groups is 1. The number of fused-ring (bicyclic) bond motifs is 2. The van der Waals surface area contributed by atoms with Gasteiger partial charge < -0.3 is 5.32 Å². The minimum atomic E-state index is -0.220. The van der Waals surface area contributed by atoms with Crippen molar-refractivity contribution in [2.45, 2.75) is 65.3 Å². The van der Waals surface area contributed by atoms with E-state index in [1.165, 1.54) is 0 Å². The number of rotatable bonds is 4. The summed E-state index contributed by atoms with van der Waals surface area (Å²) in [5.41, 5.74) is 3.83. The molecule has 0 aliphatic carbocycles. The van der Waals surface area contributed by atoms with E-state index in [1.807, 2.05) is 23.6 Å². The second-order valence-corrected chi connectivity index (χ2v) is 8.51. The zero-order chi connectivity index (χ0) is 22.0. The van der Waals surface area contributed by atoms with Crippen LogP contribution in [-0.2, 0) is 25.8 Å². The molecule has 0 fully saturated rings. The number of aryl methyl sites for hydroxylation is 2. The van der Waals surface area contributed by atoms with E-state index in [1.54, 1.807) is 18.2 Å². The summed E-state index contributed by atoms with van der Waals surface area (Å²) in [6, 6.07) is 9.00. The molecule has 0 saturated carbocycles. The van der Waals surface area contributed by atoms with Crippen molar-refractivity contribution in [2.24, 2.45) is 0 Å². The Morgan fingerprint density at radius 2 is 1.90 bits per heavy atom. The van der Waals surface area contributed by atoms with Crippen LogP contribution >= 0.6 is 11.6 Å². The van der Waals surface area contributed by atoms with E-state index in [2.05, 4.69) is 12.2 Å². The molecule has 0 unspecified atom stereocenters. The highest BCUT2D eigenvalue weighted by atomic mass is 35.5. The van der Waals surface area contributed by atoms with Crippen LogP contribution in [0.2, 0.25) is 5.02 Å². The molecular weight excluding hydrogens is 410 g/mol. The standard InChI is InChI=1S/C25H28ClN3O2/c1-3-16-11-13-20(26)18(4-2)23(16)28-24(30)17-10-12-19-21(15-17)27-22-9-7-5-6-8-14-29(22)25(19)31/h10-13,15H,3-9,14H2,1-2H3,(H,28,30). The van der Waals surface area contributed by atoms with Gasteiger partial charge in [0.15, 0.2) is 0 Å².